The van der Waals surface area contributed by atoms with Crippen molar-refractivity contribution in [3.05, 3.63) is 29.7 Å². The molecule has 0 saturated carbocycles. The molecule has 20 heavy (non-hydrogen) atoms. The zero-order chi connectivity index (χ0) is 14.8. The summed E-state index contributed by atoms with van der Waals surface area (Å²) in [5.74, 6) is 0.261. The first-order chi connectivity index (χ1) is 9.38. The number of carbonyl (C=O) groups is 2. The summed E-state index contributed by atoms with van der Waals surface area (Å²) in [4.78, 5) is 23.9. The third-order valence-corrected chi connectivity index (χ3v) is 3.06. The Bertz CT molecular complexity index is 540. The molecule has 1 saturated heterocycles. The number of carboxylic acid groups (broad SMARTS) is 1. The number of carbonyl (C=O) groups excluding carboxylic acids is 1. The van der Waals surface area contributed by atoms with Crippen LogP contribution < -0.4 is 0 Å². The van der Waals surface area contributed by atoms with Crippen LogP contribution in [-0.4, -0.2) is 47.2 Å². The van der Waals surface area contributed by atoms with Gasteiger partial charge >= 0.3 is 5.97 Å². The van der Waals surface area contributed by atoms with Gasteiger partial charge in [0.05, 0.1) is 13.1 Å². The number of nitrogens with zero attached hydrogens (tertiary/aromatic N) is 1. The Labute approximate surface area is 116 Å². The van der Waals surface area contributed by atoms with E-state index in [0.29, 0.717) is 18.8 Å². The Morgan fingerprint density at radius 2 is 2.20 bits per heavy atom. The Morgan fingerprint density at radius 3 is 2.75 bits per heavy atom. The number of aliphatic carboxylic acids is 1. The SMILES string of the molecule is Cc1ccc(/C=C/C(=O)N2CC(C)(OCC(=O)O)C2)o1. The van der Waals surface area contributed by atoms with E-state index in [4.69, 9.17) is 14.3 Å². The van der Waals surface area contributed by atoms with E-state index in [1.54, 1.807) is 24.0 Å². The van der Waals surface area contributed by atoms with Crippen LogP contribution in [0.3, 0.4) is 0 Å². The third kappa shape index (κ3) is 3.48. The van der Waals surface area contributed by atoms with Gasteiger partial charge in [-0.05, 0) is 32.1 Å². The molecule has 0 aliphatic carbocycles. The summed E-state index contributed by atoms with van der Waals surface area (Å²) in [5.41, 5.74) is -0.566. The van der Waals surface area contributed by atoms with Crippen LogP contribution in [0, 0.1) is 6.92 Å². The molecule has 2 heterocycles. The zero-order valence-electron chi connectivity index (χ0n) is 11.5. The van der Waals surface area contributed by atoms with Crippen LogP contribution in [0.1, 0.15) is 18.4 Å². The van der Waals surface area contributed by atoms with Gasteiger partial charge in [-0.25, -0.2) is 4.79 Å². The topological polar surface area (TPSA) is 80.0 Å². The van der Waals surface area contributed by atoms with Gasteiger partial charge in [-0.2, -0.15) is 0 Å². The van der Waals surface area contributed by atoms with Crippen LogP contribution in [0.25, 0.3) is 6.08 Å². The smallest absolute Gasteiger partial charge is 0.329 e. The van der Waals surface area contributed by atoms with Crippen molar-refractivity contribution in [3.8, 4) is 0 Å². The number of aryl methyl sites for hydroxylation is 1. The number of carboxylic acids is 1. The number of likely N-dealkylation sites (tertiary alicyclic amines) is 1. The van der Waals surface area contributed by atoms with E-state index in [1.807, 2.05) is 13.0 Å². The fourth-order valence-electron chi connectivity index (χ4n) is 2.05. The lowest BCUT2D eigenvalue weighted by molar-refractivity contribution is -0.170. The lowest BCUT2D eigenvalue weighted by atomic mass is 9.96. The second-order valence-corrected chi connectivity index (χ2v) is 5.11. The predicted molar refractivity (Wildman–Crippen MR) is 71.1 cm³/mol. The standard InChI is InChI=1S/C14H17NO5/c1-10-3-4-11(20-10)5-6-12(16)15-8-14(2,9-15)19-7-13(17)18/h3-6H,7-9H2,1-2H3,(H,17,18)/b6-5+. The number of hydrogen-bond acceptors (Lipinski definition) is 4. The fraction of sp³-hybridized carbons (Fsp3) is 0.429. The summed E-state index contributed by atoms with van der Waals surface area (Å²) in [6.45, 7) is 4.06. The van der Waals surface area contributed by atoms with Gasteiger partial charge in [0.25, 0.3) is 0 Å². The molecule has 1 aliphatic heterocycles. The van der Waals surface area contributed by atoms with Gasteiger partial charge in [-0.15, -0.1) is 0 Å². The molecule has 0 unspecified atom stereocenters. The summed E-state index contributed by atoms with van der Waals surface area (Å²) in [6.07, 6.45) is 3.05. The molecular weight excluding hydrogens is 262 g/mol. The summed E-state index contributed by atoms with van der Waals surface area (Å²) < 4.78 is 10.6. The van der Waals surface area contributed by atoms with Gasteiger partial charge in [-0.1, -0.05) is 0 Å². The average Bonchev–Trinajstić information content (AvgIpc) is 2.76. The van der Waals surface area contributed by atoms with Gasteiger partial charge in [0.1, 0.15) is 23.7 Å². The normalized spacial score (nSPS) is 17.2. The van der Waals surface area contributed by atoms with Crippen molar-refractivity contribution < 1.29 is 23.8 Å². The molecular formula is C14H17NO5. The fourth-order valence-corrected chi connectivity index (χ4v) is 2.05. The second kappa shape index (κ2) is 5.50. The van der Waals surface area contributed by atoms with E-state index in [2.05, 4.69) is 0 Å². The van der Waals surface area contributed by atoms with Crippen molar-refractivity contribution in [2.24, 2.45) is 0 Å². The zero-order valence-corrected chi connectivity index (χ0v) is 11.5. The lowest BCUT2D eigenvalue weighted by Crippen LogP contribution is -2.63. The Kier molecular flexibility index (Phi) is 3.94. The van der Waals surface area contributed by atoms with E-state index in [1.165, 1.54) is 6.08 Å². The second-order valence-electron chi connectivity index (χ2n) is 5.11. The van der Waals surface area contributed by atoms with E-state index < -0.39 is 11.6 Å². The van der Waals surface area contributed by atoms with Crippen LogP contribution in [0.5, 0.6) is 0 Å². The molecule has 6 heteroatoms. The molecule has 6 nitrogen and oxygen atoms in total. The molecule has 1 aromatic rings. The first-order valence-corrected chi connectivity index (χ1v) is 6.27. The highest BCUT2D eigenvalue weighted by atomic mass is 16.5. The summed E-state index contributed by atoms with van der Waals surface area (Å²) in [7, 11) is 0. The van der Waals surface area contributed by atoms with E-state index >= 15 is 0 Å². The quantitative estimate of drug-likeness (QED) is 0.822. The van der Waals surface area contributed by atoms with Gasteiger partial charge in [0.15, 0.2) is 0 Å². The summed E-state index contributed by atoms with van der Waals surface area (Å²) >= 11 is 0. The van der Waals surface area contributed by atoms with E-state index in [9.17, 15) is 9.59 Å². The maximum atomic E-state index is 11.9. The Hall–Kier alpha value is -2.08. The number of furan rings is 1. The molecule has 1 aliphatic rings. The highest BCUT2D eigenvalue weighted by Crippen LogP contribution is 2.25. The van der Waals surface area contributed by atoms with Crippen LogP contribution in [0.4, 0.5) is 0 Å². The number of hydrogen-bond donors (Lipinski definition) is 1. The molecule has 108 valence electrons. The van der Waals surface area contributed by atoms with Crippen LogP contribution in [-0.2, 0) is 14.3 Å². The van der Waals surface area contributed by atoms with Crippen molar-refractivity contribution in [2.75, 3.05) is 19.7 Å². The average molecular weight is 279 g/mol. The van der Waals surface area contributed by atoms with Gasteiger partial charge < -0.3 is 19.2 Å². The molecule has 1 N–H and O–H groups in total. The van der Waals surface area contributed by atoms with Crippen molar-refractivity contribution in [3.63, 3.8) is 0 Å². The molecule has 1 amide bonds. The highest BCUT2D eigenvalue weighted by Gasteiger charge is 2.42. The minimum absolute atomic E-state index is 0.143. The van der Waals surface area contributed by atoms with Crippen LogP contribution in [0.15, 0.2) is 22.6 Å². The third-order valence-electron chi connectivity index (χ3n) is 3.06. The Balaban J connectivity index is 1.81. The maximum absolute atomic E-state index is 11.9. The van der Waals surface area contributed by atoms with Gasteiger partial charge in [0.2, 0.25) is 5.91 Å². The maximum Gasteiger partial charge on any atom is 0.329 e. The first-order valence-electron chi connectivity index (χ1n) is 6.27. The highest BCUT2D eigenvalue weighted by molar-refractivity contribution is 5.92. The van der Waals surface area contributed by atoms with Crippen LogP contribution in [0.2, 0.25) is 0 Å². The first kappa shape index (κ1) is 14.3. The van der Waals surface area contributed by atoms with E-state index in [0.717, 1.165) is 5.76 Å². The lowest BCUT2D eigenvalue weighted by Gasteiger charge is -2.46. The molecule has 2 rings (SSSR count). The molecule has 0 aromatic carbocycles. The molecule has 0 bridgehead atoms. The largest absolute Gasteiger partial charge is 0.480 e. The number of amides is 1. The minimum Gasteiger partial charge on any atom is -0.480 e. The summed E-state index contributed by atoms with van der Waals surface area (Å²) in [5, 5.41) is 8.56. The molecule has 0 spiro atoms. The van der Waals surface area contributed by atoms with Crippen molar-refractivity contribution in [2.45, 2.75) is 19.4 Å². The van der Waals surface area contributed by atoms with E-state index in [-0.39, 0.29) is 12.5 Å². The van der Waals surface area contributed by atoms with Gasteiger partial charge in [-0.3, -0.25) is 4.79 Å². The minimum atomic E-state index is -1.01. The van der Waals surface area contributed by atoms with Crippen molar-refractivity contribution in [1.82, 2.24) is 4.90 Å². The molecule has 0 radical (unpaired) electrons. The van der Waals surface area contributed by atoms with Crippen molar-refractivity contribution in [1.29, 1.82) is 0 Å². The molecule has 1 aromatic heterocycles. The molecule has 1 fully saturated rings. The number of ether oxygens (including phenoxy) is 1. The van der Waals surface area contributed by atoms with Crippen molar-refractivity contribution >= 4 is 18.0 Å². The number of rotatable bonds is 5. The van der Waals surface area contributed by atoms with Gasteiger partial charge in [0, 0.05) is 6.08 Å². The summed E-state index contributed by atoms with van der Waals surface area (Å²) in [6, 6.07) is 3.61. The molecule has 0 atom stereocenters. The monoisotopic (exact) mass is 279 g/mol. The predicted octanol–water partition coefficient (Wildman–Crippen LogP) is 1.30. The Morgan fingerprint density at radius 1 is 1.50 bits per heavy atom. The van der Waals surface area contributed by atoms with Crippen LogP contribution >= 0.6 is 0 Å².